The number of nitrogens with one attached hydrogen (secondary N) is 2. The zero-order valence-corrected chi connectivity index (χ0v) is 16.3. The highest BCUT2D eigenvalue weighted by Gasteiger charge is 2.16. The molecule has 0 atom stereocenters. The number of rotatable bonds is 6. The van der Waals surface area contributed by atoms with E-state index in [0.29, 0.717) is 45.5 Å². The zero-order valence-electron chi connectivity index (χ0n) is 13.1. The predicted octanol–water partition coefficient (Wildman–Crippen LogP) is 3.62. The van der Waals surface area contributed by atoms with Gasteiger partial charge in [0.1, 0.15) is 11.0 Å². The Morgan fingerprint density at radius 3 is 1.85 bits per heavy atom. The molecule has 0 saturated carbocycles. The monoisotopic (exact) mass is 426 g/mol. The number of hydrogen-bond donors (Lipinski definition) is 3. The minimum absolute atomic E-state index is 0.395. The average Bonchev–Trinajstić information content (AvgIpc) is 3.29. The van der Waals surface area contributed by atoms with Crippen LogP contribution >= 0.6 is 46.3 Å². The van der Waals surface area contributed by atoms with Crippen molar-refractivity contribution in [2.75, 3.05) is 23.9 Å². The molecule has 4 aromatic rings. The molecule has 4 N–H and O–H groups in total. The van der Waals surface area contributed by atoms with Gasteiger partial charge in [0.05, 0.1) is 37.4 Å². The van der Waals surface area contributed by atoms with Crippen molar-refractivity contribution in [3.8, 4) is 0 Å². The van der Waals surface area contributed by atoms with Crippen LogP contribution in [0.2, 0.25) is 10.0 Å². The number of halogens is 2. The molecule has 0 spiro atoms. The second-order valence-corrected chi connectivity index (χ2v) is 7.63. The van der Waals surface area contributed by atoms with Gasteiger partial charge in [0.25, 0.3) is 0 Å². The molecule has 12 heteroatoms. The van der Waals surface area contributed by atoms with Crippen molar-refractivity contribution in [3.63, 3.8) is 0 Å². The molecule has 0 aliphatic heterocycles. The van der Waals surface area contributed by atoms with E-state index in [2.05, 4.69) is 30.0 Å². The second kappa shape index (κ2) is 7.43. The largest absolute Gasteiger partial charge is 0.329 e. The van der Waals surface area contributed by atoms with Gasteiger partial charge in [-0.25, -0.2) is 0 Å². The van der Waals surface area contributed by atoms with Crippen molar-refractivity contribution >= 4 is 78.1 Å². The summed E-state index contributed by atoms with van der Waals surface area (Å²) in [5, 5.41) is 11.0. The lowest BCUT2D eigenvalue weighted by atomic mass is 10.3. The van der Waals surface area contributed by atoms with Crippen LogP contribution in [0.1, 0.15) is 0 Å². The van der Waals surface area contributed by atoms with E-state index < -0.39 is 0 Å². The van der Waals surface area contributed by atoms with Gasteiger partial charge in [-0.2, -0.15) is 0 Å². The molecule has 0 radical (unpaired) electrons. The molecule has 2 heterocycles. The third-order valence-electron chi connectivity index (χ3n) is 3.59. The van der Waals surface area contributed by atoms with Crippen LogP contribution in [0.3, 0.4) is 0 Å². The van der Waals surface area contributed by atoms with Crippen LogP contribution in [0.5, 0.6) is 0 Å². The van der Waals surface area contributed by atoms with Crippen LogP contribution in [0.25, 0.3) is 20.4 Å². The van der Waals surface area contributed by atoms with Crippen molar-refractivity contribution in [2.24, 2.45) is 5.73 Å². The van der Waals surface area contributed by atoms with Gasteiger partial charge in [-0.15, -0.1) is 15.3 Å². The summed E-state index contributed by atoms with van der Waals surface area (Å²) in [4.78, 5) is 0. The Balaban J connectivity index is 1.69. The number of anilines is 2. The Morgan fingerprint density at radius 2 is 1.38 bits per heavy atom. The first kappa shape index (κ1) is 17.6. The van der Waals surface area contributed by atoms with E-state index in [4.69, 9.17) is 28.9 Å². The normalized spacial score (nSPS) is 11.5. The highest BCUT2D eigenvalue weighted by Crippen LogP contribution is 2.34. The number of nitrogens with two attached hydrogens (primary N) is 1. The van der Waals surface area contributed by atoms with E-state index in [1.54, 1.807) is 17.3 Å². The summed E-state index contributed by atoms with van der Waals surface area (Å²) in [5.41, 5.74) is 14.8. The zero-order chi connectivity index (χ0) is 18.1. The Kier molecular flexibility index (Phi) is 5.02. The first-order valence-electron chi connectivity index (χ1n) is 7.49. The first-order chi connectivity index (χ1) is 12.7. The summed E-state index contributed by atoms with van der Waals surface area (Å²) < 4.78 is 9.81. The van der Waals surface area contributed by atoms with Crippen molar-refractivity contribution in [1.29, 1.82) is 0 Å². The molecular formula is C14H12Cl2N8S2. The van der Waals surface area contributed by atoms with E-state index in [9.17, 15) is 0 Å². The molecule has 0 amide bonds. The van der Waals surface area contributed by atoms with Crippen LogP contribution < -0.4 is 16.6 Å². The summed E-state index contributed by atoms with van der Waals surface area (Å²) in [6.07, 6.45) is 0. The van der Waals surface area contributed by atoms with Gasteiger partial charge >= 0.3 is 0 Å². The second-order valence-electron chi connectivity index (χ2n) is 5.25. The third-order valence-corrected chi connectivity index (χ3v) is 5.60. The van der Waals surface area contributed by atoms with E-state index in [1.807, 2.05) is 12.1 Å². The lowest BCUT2D eigenvalue weighted by Gasteiger charge is -2.26. The van der Waals surface area contributed by atoms with Gasteiger partial charge in [0, 0.05) is 6.54 Å². The van der Waals surface area contributed by atoms with Crippen molar-refractivity contribution in [1.82, 2.24) is 24.3 Å². The predicted molar refractivity (Wildman–Crippen MR) is 108 cm³/mol. The Morgan fingerprint density at radius 1 is 0.885 bits per heavy atom. The van der Waals surface area contributed by atoms with E-state index in [1.165, 1.54) is 23.1 Å². The molecule has 2 aromatic carbocycles. The van der Waals surface area contributed by atoms with E-state index in [0.717, 1.165) is 9.40 Å². The Labute approximate surface area is 166 Å². The third kappa shape index (κ3) is 3.27. The van der Waals surface area contributed by atoms with Crippen molar-refractivity contribution in [2.45, 2.75) is 0 Å². The molecule has 4 rings (SSSR count). The van der Waals surface area contributed by atoms with Gasteiger partial charge in [0.15, 0.2) is 0 Å². The number of nitrogens with zero attached hydrogens (tertiary/aromatic N) is 5. The highest BCUT2D eigenvalue weighted by molar-refractivity contribution is 7.13. The maximum atomic E-state index is 6.36. The molecular weight excluding hydrogens is 415 g/mol. The van der Waals surface area contributed by atoms with Gasteiger partial charge in [-0.05, 0) is 47.3 Å². The van der Waals surface area contributed by atoms with E-state index in [-0.39, 0.29) is 0 Å². The minimum atomic E-state index is 0.395. The number of benzene rings is 2. The fourth-order valence-electron chi connectivity index (χ4n) is 2.40. The summed E-state index contributed by atoms with van der Waals surface area (Å²) >= 11 is 15.3. The molecule has 0 saturated heterocycles. The molecule has 8 nitrogen and oxygen atoms in total. The van der Waals surface area contributed by atoms with Crippen LogP contribution in [0, 0.1) is 0 Å². The fraction of sp³-hybridized carbons (Fsp3) is 0.143. The van der Waals surface area contributed by atoms with Crippen LogP contribution in [-0.4, -0.2) is 37.4 Å². The standard InChI is InChI=1S/C14H12Cl2N8S2/c15-7-1-3-9-13(18-22-25-9)11(7)20-24(6-5-17)21-12-8(16)2-4-10-14(12)19-23-26-10/h1-4,20-21H,5-6,17H2. The quantitative estimate of drug-likeness (QED) is 0.401. The van der Waals surface area contributed by atoms with Gasteiger partial charge < -0.3 is 5.73 Å². The Hall–Kier alpha value is -1.82. The molecule has 0 aliphatic carbocycles. The van der Waals surface area contributed by atoms with Crippen LogP contribution in [0.4, 0.5) is 11.4 Å². The van der Waals surface area contributed by atoms with Crippen LogP contribution in [0.15, 0.2) is 24.3 Å². The summed E-state index contributed by atoms with van der Waals surface area (Å²) in [6.45, 7) is 0.861. The molecule has 2 aromatic heterocycles. The number of hydrazine groups is 2. The summed E-state index contributed by atoms with van der Waals surface area (Å²) in [7, 11) is 0. The summed E-state index contributed by atoms with van der Waals surface area (Å²) in [5.74, 6) is 0. The molecule has 26 heavy (non-hydrogen) atoms. The number of fused-ring (bicyclic) bond motifs is 2. The lowest BCUT2D eigenvalue weighted by molar-refractivity contribution is 0.407. The molecule has 0 bridgehead atoms. The fourth-order valence-corrected chi connectivity index (χ4v) is 3.93. The average molecular weight is 427 g/mol. The van der Waals surface area contributed by atoms with Gasteiger partial charge in [-0.1, -0.05) is 32.2 Å². The minimum Gasteiger partial charge on any atom is -0.329 e. The molecule has 134 valence electrons. The van der Waals surface area contributed by atoms with Gasteiger partial charge in [-0.3, -0.25) is 10.9 Å². The van der Waals surface area contributed by atoms with Crippen LogP contribution in [-0.2, 0) is 0 Å². The SMILES string of the molecule is NCCN(Nc1c(Cl)ccc2snnc12)Nc1c(Cl)ccc2snnc12. The van der Waals surface area contributed by atoms with Crippen molar-refractivity contribution in [3.05, 3.63) is 34.3 Å². The summed E-state index contributed by atoms with van der Waals surface area (Å²) in [6, 6.07) is 7.36. The molecule has 0 aliphatic rings. The first-order valence-corrected chi connectivity index (χ1v) is 9.79. The maximum Gasteiger partial charge on any atom is 0.131 e. The van der Waals surface area contributed by atoms with Gasteiger partial charge in [0.2, 0.25) is 0 Å². The lowest BCUT2D eigenvalue weighted by Crippen LogP contribution is -2.39. The van der Waals surface area contributed by atoms with Crippen molar-refractivity contribution < 1.29 is 0 Å². The number of hydrogen-bond acceptors (Lipinski definition) is 10. The number of aromatic nitrogens is 4. The van der Waals surface area contributed by atoms with E-state index >= 15 is 0 Å². The maximum absolute atomic E-state index is 6.36. The molecule has 0 fully saturated rings. The topological polar surface area (TPSA) is 105 Å². The smallest absolute Gasteiger partial charge is 0.131 e. The highest BCUT2D eigenvalue weighted by atomic mass is 35.5. The Bertz CT molecular complexity index is 984. The molecule has 0 unspecified atom stereocenters.